The number of benzene rings is 1. The van der Waals surface area contributed by atoms with Crippen molar-refractivity contribution in [3.63, 3.8) is 0 Å². The molecule has 1 saturated heterocycles. The average molecular weight is 277 g/mol. The molecule has 1 atom stereocenters. The third-order valence-corrected chi connectivity index (χ3v) is 4.06. The zero-order valence-electron chi connectivity index (χ0n) is 11.1. The van der Waals surface area contributed by atoms with Crippen molar-refractivity contribution in [1.82, 2.24) is 14.5 Å². The van der Waals surface area contributed by atoms with Crippen molar-refractivity contribution in [2.24, 2.45) is 0 Å². The molecule has 2 heterocycles. The Morgan fingerprint density at radius 3 is 3.11 bits per heavy atom. The van der Waals surface area contributed by atoms with Crippen molar-refractivity contribution < 1.29 is 4.74 Å². The number of nitrogens with zero attached hydrogens (tertiary/aromatic N) is 2. The SMILES string of the molecule is CCN1CCOC(Cn2c(=S)[nH]c3ccccc32)C1. The molecule has 0 aliphatic carbocycles. The predicted molar refractivity (Wildman–Crippen MR) is 79.0 cm³/mol. The fourth-order valence-electron chi connectivity index (χ4n) is 2.67. The number of morpholine rings is 1. The van der Waals surface area contributed by atoms with Crippen LogP contribution >= 0.6 is 12.2 Å². The van der Waals surface area contributed by atoms with Gasteiger partial charge in [0.15, 0.2) is 4.77 Å². The lowest BCUT2D eigenvalue weighted by Crippen LogP contribution is -2.43. The van der Waals surface area contributed by atoms with E-state index < -0.39 is 0 Å². The van der Waals surface area contributed by atoms with E-state index in [4.69, 9.17) is 17.0 Å². The number of fused-ring (bicyclic) bond motifs is 1. The highest BCUT2D eigenvalue weighted by Crippen LogP contribution is 2.16. The van der Waals surface area contributed by atoms with Crippen LogP contribution in [0.5, 0.6) is 0 Å². The first-order valence-corrected chi connectivity index (χ1v) is 7.20. The Morgan fingerprint density at radius 1 is 1.42 bits per heavy atom. The number of nitrogens with one attached hydrogen (secondary N) is 1. The van der Waals surface area contributed by atoms with Gasteiger partial charge in [-0.1, -0.05) is 19.1 Å². The van der Waals surface area contributed by atoms with Gasteiger partial charge in [-0.2, -0.15) is 0 Å². The Morgan fingerprint density at radius 2 is 2.26 bits per heavy atom. The maximum Gasteiger partial charge on any atom is 0.178 e. The average Bonchev–Trinajstić information content (AvgIpc) is 2.76. The third-order valence-electron chi connectivity index (χ3n) is 3.74. The van der Waals surface area contributed by atoms with Gasteiger partial charge in [0.25, 0.3) is 0 Å². The standard InChI is InChI=1S/C14H19N3OS/c1-2-16-7-8-18-11(9-16)10-17-13-6-4-3-5-12(13)15-14(17)19/h3-6,11H,2,7-10H2,1H3,(H,15,19). The van der Waals surface area contributed by atoms with E-state index in [9.17, 15) is 0 Å². The van der Waals surface area contributed by atoms with Gasteiger partial charge in [0.1, 0.15) is 0 Å². The van der Waals surface area contributed by atoms with Crippen molar-refractivity contribution in [3.05, 3.63) is 29.0 Å². The van der Waals surface area contributed by atoms with Gasteiger partial charge in [-0.3, -0.25) is 4.90 Å². The number of aromatic nitrogens is 2. The van der Waals surface area contributed by atoms with Crippen molar-refractivity contribution in [3.8, 4) is 0 Å². The molecular formula is C14H19N3OS. The highest BCUT2D eigenvalue weighted by Gasteiger charge is 2.20. The van der Waals surface area contributed by atoms with Crippen LogP contribution in [0.15, 0.2) is 24.3 Å². The number of H-pyrrole nitrogens is 1. The number of ether oxygens (including phenoxy) is 1. The quantitative estimate of drug-likeness (QED) is 0.875. The normalized spacial score (nSPS) is 21.0. The Bertz CT molecular complexity index is 618. The van der Waals surface area contributed by atoms with Crippen LogP contribution in [-0.2, 0) is 11.3 Å². The van der Waals surface area contributed by atoms with E-state index in [2.05, 4.69) is 33.5 Å². The van der Waals surface area contributed by atoms with E-state index in [0.717, 1.165) is 48.6 Å². The second-order valence-electron chi connectivity index (χ2n) is 4.94. The molecule has 0 amide bonds. The number of likely N-dealkylation sites (N-methyl/N-ethyl adjacent to an activating group) is 1. The predicted octanol–water partition coefficient (Wildman–Crippen LogP) is 2.42. The molecular weight excluding hydrogens is 258 g/mol. The van der Waals surface area contributed by atoms with Crippen LogP contribution in [0.2, 0.25) is 0 Å². The lowest BCUT2D eigenvalue weighted by molar-refractivity contribution is -0.0339. The van der Waals surface area contributed by atoms with Gasteiger partial charge < -0.3 is 14.3 Å². The van der Waals surface area contributed by atoms with Gasteiger partial charge in [0, 0.05) is 13.1 Å². The molecule has 2 aromatic rings. The molecule has 5 heteroatoms. The first-order valence-electron chi connectivity index (χ1n) is 6.79. The summed E-state index contributed by atoms with van der Waals surface area (Å²) in [6.45, 7) is 6.93. The molecule has 1 aliphatic rings. The molecule has 1 aromatic carbocycles. The largest absolute Gasteiger partial charge is 0.374 e. The summed E-state index contributed by atoms with van der Waals surface area (Å²) in [5.41, 5.74) is 2.25. The van der Waals surface area contributed by atoms with Gasteiger partial charge >= 0.3 is 0 Å². The van der Waals surface area contributed by atoms with Crippen molar-refractivity contribution >= 4 is 23.3 Å². The fourth-order valence-corrected chi connectivity index (χ4v) is 2.95. The van der Waals surface area contributed by atoms with Gasteiger partial charge in [-0.15, -0.1) is 0 Å². The van der Waals surface area contributed by atoms with Gasteiger partial charge in [0.2, 0.25) is 0 Å². The fraction of sp³-hybridized carbons (Fsp3) is 0.500. The summed E-state index contributed by atoms with van der Waals surface area (Å²) in [6, 6.07) is 8.22. The van der Waals surface area contributed by atoms with Crippen LogP contribution in [0.4, 0.5) is 0 Å². The number of aromatic amines is 1. The topological polar surface area (TPSA) is 33.2 Å². The second kappa shape index (κ2) is 5.45. The van der Waals surface area contributed by atoms with Gasteiger partial charge in [0.05, 0.1) is 30.3 Å². The third kappa shape index (κ3) is 2.59. The lowest BCUT2D eigenvalue weighted by atomic mass is 10.2. The first kappa shape index (κ1) is 12.8. The summed E-state index contributed by atoms with van der Waals surface area (Å²) in [4.78, 5) is 5.67. The zero-order valence-corrected chi connectivity index (χ0v) is 11.9. The molecule has 1 unspecified atom stereocenters. The second-order valence-corrected chi connectivity index (χ2v) is 5.33. The summed E-state index contributed by atoms with van der Waals surface area (Å²) in [7, 11) is 0. The molecule has 1 fully saturated rings. The molecule has 1 aromatic heterocycles. The summed E-state index contributed by atoms with van der Waals surface area (Å²) in [6.07, 6.45) is 0.222. The molecule has 0 bridgehead atoms. The Balaban J connectivity index is 1.85. The van der Waals surface area contributed by atoms with E-state index in [-0.39, 0.29) is 6.10 Å². The number of imidazole rings is 1. The molecule has 19 heavy (non-hydrogen) atoms. The van der Waals surface area contributed by atoms with E-state index in [1.165, 1.54) is 0 Å². The molecule has 1 aliphatic heterocycles. The van der Waals surface area contributed by atoms with E-state index in [1.807, 2.05) is 12.1 Å². The maximum absolute atomic E-state index is 5.86. The summed E-state index contributed by atoms with van der Waals surface area (Å²) in [5.74, 6) is 0. The molecule has 0 spiro atoms. The minimum Gasteiger partial charge on any atom is -0.374 e. The van der Waals surface area contributed by atoms with Crippen molar-refractivity contribution in [2.75, 3.05) is 26.2 Å². The Hall–Kier alpha value is -1.17. The summed E-state index contributed by atoms with van der Waals surface area (Å²) >= 11 is 5.42. The summed E-state index contributed by atoms with van der Waals surface area (Å²) < 4.78 is 8.79. The smallest absolute Gasteiger partial charge is 0.178 e. The van der Waals surface area contributed by atoms with Crippen molar-refractivity contribution in [2.45, 2.75) is 19.6 Å². The van der Waals surface area contributed by atoms with Gasteiger partial charge in [-0.25, -0.2) is 0 Å². The number of rotatable bonds is 3. The highest BCUT2D eigenvalue weighted by atomic mass is 32.1. The zero-order chi connectivity index (χ0) is 13.2. The number of hydrogen-bond donors (Lipinski definition) is 1. The minimum absolute atomic E-state index is 0.222. The monoisotopic (exact) mass is 277 g/mol. The van der Waals surface area contributed by atoms with Crippen molar-refractivity contribution in [1.29, 1.82) is 0 Å². The van der Waals surface area contributed by atoms with E-state index >= 15 is 0 Å². The summed E-state index contributed by atoms with van der Waals surface area (Å²) in [5, 5.41) is 0. The Kier molecular flexibility index (Phi) is 3.68. The number of para-hydroxylation sites is 2. The van der Waals surface area contributed by atoms with Crippen LogP contribution in [0.25, 0.3) is 11.0 Å². The maximum atomic E-state index is 5.86. The Labute approximate surface area is 118 Å². The van der Waals surface area contributed by atoms with Crippen LogP contribution < -0.4 is 0 Å². The highest BCUT2D eigenvalue weighted by molar-refractivity contribution is 7.71. The van der Waals surface area contributed by atoms with Crippen LogP contribution in [0.1, 0.15) is 6.92 Å². The lowest BCUT2D eigenvalue weighted by Gasteiger charge is -2.32. The molecule has 102 valence electrons. The molecule has 0 saturated carbocycles. The van der Waals surface area contributed by atoms with Crippen LogP contribution in [0, 0.1) is 4.77 Å². The molecule has 3 rings (SSSR count). The number of hydrogen-bond acceptors (Lipinski definition) is 3. The minimum atomic E-state index is 0.222. The molecule has 4 nitrogen and oxygen atoms in total. The molecule has 0 radical (unpaired) electrons. The van der Waals surface area contributed by atoms with Crippen LogP contribution in [-0.4, -0.2) is 46.8 Å². The van der Waals surface area contributed by atoms with E-state index in [1.54, 1.807) is 0 Å². The first-order chi connectivity index (χ1) is 9.28. The van der Waals surface area contributed by atoms with E-state index in [0.29, 0.717) is 0 Å². The molecule has 1 N–H and O–H groups in total. The van der Waals surface area contributed by atoms with Gasteiger partial charge in [-0.05, 0) is 30.9 Å². The van der Waals surface area contributed by atoms with Crippen LogP contribution in [0.3, 0.4) is 0 Å².